The van der Waals surface area contributed by atoms with Crippen molar-refractivity contribution < 1.29 is 9.90 Å². The maximum atomic E-state index is 12.0. The molecule has 0 spiro atoms. The molecule has 4 N–H and O–H groups in total. The highest BCUT2D eigenvalue weighted by molar-refractivity contribution is 9.10. The number of halogens is 1. The fourth-order valence-electron chi connectivity index (χ4n) is 1.93. The van der Waals surface area contributed by atoms with Gasteiger partial charge in [0.1, 0.15) is 5.75 Å². The number of hydrogen-bond acceptors (Lipinski definition) is 3. The van der Waals surface area contributed by atoms with E-state index in [0.717, 1.165) is 16.5 Å². The molecule has 1 atom stereocenters. The molecule has 2 aromatic rings. The third-order valence-electron chi connectivity index (χ3n) is 3.14. The van der Waals surface area contributed by atoms with E-state index in [4.69, 9.17) is 5.73 Å². The summed E-state index contributed by atoms with van der Waals surface area (Å²) in [5.41, 5.74) is 7.39. The van der Waals surface area contributed by atoms with Crippen molar-refractivity contribution >= 4 is 27.5 Å². The molecule has 0 aliphatic heterocycles. The third kappa shape index (κ3) is 4.58. The average Bonchev–Trinajstić information content (AvgIpc) is 2.49. The predicted molar refractivity (Wildman–Crippen MR) is 87.2 cm³/mol. The highest BCUT2D eigenvalue weighted by atomic mass is 79.9. The van der Waals surface area contributed by atoms with Crippen LogP contribution in [0.3, 0.4) is 0 Å². The zero-order valence-electron chi connectivity index (χ0n) is 11.4. The highest BCUT2D eigenvalue weighted by Crippen LogP contribution is 2.26. The van der Waals surface area contributed by atoms with E-state index < -0.39 is 6.04 Å². The first-order valence-corrected chi connectivity index (χ1v) is 7.44. The number of aromatic hydroxyl groups is 1. The van der Waals surface area contributed by atoms with Crippen LogP contribution in [0.1, 0.15) is 12.0 Å². The molecule has 0 unspecified atom stereocenters. The van der Waals surface area contributed by atoms with Gasteiger partial charge in [0.15, 0.2) is 0 Å². The molecule has 0 aliphatic rings. The van der Waals surface area contributed by atoms with Gasteiger partial charge in [0, 0.05) is 4.47 Å². The van der Waals surface area contributed by atoms with Crippen LogP contribution in [0.5, 0.6) is 5.75 Å². The quantitative estimate of drug-likeness (QED) is 0.727. The Morgan fingerprint density at radius 2 is 1.95 bits per heavy atom. The van der Waals surface area contributed by atoms with Crippen molar-refractivity contribution in [3.63, 3.8) is 0 Å². The molecule has 0 aliphatic carbocycles. The van der Waals surface area contributed by atoms with Crippen molar-refractivity contribution in [2.24, 2.45) is 5.73 Å². The minimum Gasteiger partial charge on any atom is -0.506 e. The summed E-state index contributed by atoms with van der Waals surface area (Å²) in [6, 6.07) is 14.1. The molecule has 0 aromatic heterocycles. The van der Waals surface area contributed by atoms with E-state index >= 15 is 0 Å². The summed E-state index contributed by atoms with van der Waals surface area (Å²) in [4.78, 5) is 12.0. The summed E-state index contributed by atoms with van der Waals surface area (Å²) < 4.78 is 0.772. The molecule has 1 amide bonds. The van der Waals surface area contributed by atoms with Gasteiger partial charge in [-0.1, -0.05) is 46.3 Å². The van der Waals surface area contributed by atoms with Crippen LogP contribution in [0.2, 0.25) is 0 Å². The van der Waals surface area contributed by atoms with Crippen molar-refractivity contribution in [1.29, 1.82) is 0 Å². The molecular weight excluding hydrogens is 332 g/mol. The summed E-state index contributed by atoms with van der Waals surface area (Å²) in [5, 5.41) is 12.3. The zero-order chi connectivity index (χ0) is 15.2. The Morgan fingerprint density at radius 3 is 2.67 bits per heavy atom. The van der Waals surface area contributed by atoms with Crippen LogP contribution < -0.4 is 11.1 Å². The second-order valence-electron chi connectivity index (χ2n) is 4.78. The summed E-state index contributed by atoms with van der Waals surface area (Å²) in [6.45, 7) is 0. The van der Waals surface area contributed by atoms with E-state index in [1.165, 1.54) is 6.07 Å². The Balaban J connectivity index is 1.92. The molecule has 5 heteroatoms. The summed E-state index contributed by atoms with van der Waals surface area (Å²) in [6.07, 6.45) is 1.28. The van der Waals surface area contributed by atoms with E-state index in [2.05, 4.69) is 21.2 Å². The predicted octanol–water partition coefficient (Wildman–Crippen LogP) is 3.05. The monoisotopic (exact) mass is 348 g/mol. The molecule has 110 valence electrons. The van der Waals surface area contributed by atoms with Crippen LogP contribution in [0.25, 0.3) is 0 Å². The van der Waals surface area contributed by atoms with E-state index in [1.807, 2.05) is 30.3 Å². The van der Waals surface area contributed by atoms with Gasteiger partial charge in [0.2, 0.25) is 5.91 Å². The van der Waals surface area contributed by atoms with Crippen LogP contribution in [-0.2, 0) is 11.2 Å². The summed E-state index contributed by atoms with van der Waals surface area (Å²) in [5.74, 6) is -0.291. The van der Waals surface area contributed by atoms with Crippen LogP contribution in [0.15, 0.2) is 53.0 Å². The number of nitrogens with one attached hydrogen (secondary N) is 1. The Morgan fingerprint density at radius 1 is 1.24 bits per heavy atom. The number of rotatable bonds is 5. The number of anilines is 1. The van der Waals surface area contributed by atoms with Crippen molar-refractivity contribution in [3.8, 4) is 5.75 Å². The van der Waals surface area contributed by atoms with Gasteiger partial charge < -0.3 is 16.2 Å². The number of carbonyl (C=O) groups excluding carboxylic acids is 1. The number of phenolic OH excluding ortho intramolecular Hbond substituents is 1. The lowest BCUT2D eigenvalue weighted by Gasteiger charge is -2.13. The molecule has 0 saturated carbocycles. The van der Waals surface area contributed by atoms with E-state index in [1.54, 1.807) is 12.1 Å². The standard InChI is InChI=1S/C16H17BrN2O2/c17-12-7-9-15(20)14(10-12)19-16(21)13(18)8-6-11-4-2-1-3-5-11/h1-5,7,9-10,13,20H,6,8,18H2,(H,19,21)/t13-/m0/s1. The second-order valence-corrected chi connectivity index (χ2v) is 5.70. The van der Waals surface area contributed by atoms with Crippen LogP contribution in [0.4, 0.5) is 5.69 Å². The van der Waals surface area contributed by atoms with Gasteiger partial charge in [0.05, 0.1) is 11.7 Å². The first kappa shape index (κ1) is 15.5. The number of carbonyl (C=O) groups is 1. The Labute approximate surface area is 132 Å². The largest absolute Gasteiger partial charge is 0.506 e. The number of nitrogens with two attached hydrogens (primary N) is 1. The van der Waals surface area contributed by atoms with Crippen molar-refractivity contribution in [1.82, 2.24) is 0 Å². The molecule has 2 rings (SSSR count). The van der Waals surface area contributed by atoms with Gasteiger partial charge in [-0.2, -0.15) is 0 Å². The minimum atomic E-state index is -0.622. The lowest BCUT2D eigenvalue weighted by atomic mass is 10.1. The molecule has 2 aromatic carbocycles. The lowest BCUT2D eigenvalue weighted by Crippen LogP contribution is -2.36. The summed E-state index contributed by atoms with van der Waals surface area (Å²) in [7, 11) is 0. The Kier molecular flexibility index (Phi) is 5.36. The fraction of sp³-hybridized carbons (Fsp3) is 0.188. The number of phenols is 1. The van der Waals surface area contributed by atoms with E-state index in [0.29, 0.717) is 12.1 Å². The normalized spacial score (nSPS) is 11.9. The van der Waals surface area contributed by atoms with Gasteiger partial charge in [-0.3, -0.25) is 4.79 Å². The van der Waals surface area contributed by atoms with E-state index in [-0.39, 0.29) is 11.7 Å². The van der Waals surface area contributed by atoms with Crippen molar-refractivity contribution in [2.45, 2.75) is 18.9 Å². The number of hydrogen-bond donors (Lipinski definition) is 3. The summed E-state index contributed by atoms with van der Waals surface area (Å²) >= 11 is 3.29. The Bertz CT molecular complexity index is 617. The van der Waals surface area contributed by atoms with Gasteiger partial charge >= 0.3 is 0 Å². The highest BCUT2D eigenvalue weighted by Gasteiger charge is 2.15. The maximum Gasteiger partial charge on any atom is 0.241 e. The van der Waals surface area contributed by atoms with Crippen LogP contribution >= 0.6 is 15.9 Å². The van der Waals surface area contributed by atoms with Crippen molar-refractivity contribution in [3.05, 3.63) is 58.6 Å². The second kappa shape index (κ2) is 7.24. The molecule has 4 nitrogen and oxygen atoms in total. The smallest absolute Gasteiger partial charge is 0.241 e. The molecule has 0 fully saturated rings. The first-order valence-electron chi connectivity index (χ1n) is 6.65. The van der Waals surface area contributed by atoms with Gasteiger partial charge in [-0.15, -0.1) is 0 Å². The van der Waals surface area contributed by atoms with Crippen LogP contribution in [0, 0.1) is 0 Å². The van der Waals surface area contributed by atoms with Crippen LogP contribution in [-0.4, -0.2) is 17.1 Å². The molecule has 0 heterocycles. The number of aryl methyl sites for hydroxylation is 1. The number of benzene rings is 2. The van der Waals surface area contributed by atoms with Gasteiger partial charge in [0.25, 0.3) is 0 Å². The lowest BCUT2D eigenvalue weighted by molar-refractivity contribution is -0.117. The first-order chi connectivity index (χ1) is 10.1. The maximum absolute atomic E-state index is 12.0. The number of amides is 1. The van der Waals surface area contributed by atoms with Crippen molar-refractivity contribution in [2.75, 3.05) is 5.32 Å². The molecule has 0 saturated heterocycles. The van der Waals surface area contributed by atoms with Gasteiger partial charge in [-0.25, -0.2) is 0 Å². The molecule has 21 heavy (non-hydrogen) atoms. The average molecular weight is 349 g/mol. The van der Waals surface area contributed by atoms with E-state index in [9.17, 15) is 9.90 Å². The molecular formula is C16H17BrN2O2. The zero-order valence-corrected chi connectivity index (χ0v) is 13.0. The molecule has 0 bridgehead atoms. The minimum absolute atomic E-state index is 0.0156. The van der Waals surface area contributed by atoms with Gasteiger partial charge in [-0.05, 0) is 36.6 Å². The SMILES string of the molecule is N[C@@H](CCc1ccccc1)C(=O)Nc1cc(Br)ccc1O. The Hall–Kier alpha value is -1.85. The third-order valence-corrected chi connectivity index (χ3v) is 3.63. The molecule has 0 radical (unpaired) electrons. The fourth-order valence-corrected chi connectivity index (χ4v) is 2.29. The topological polar surface area (TPSA) is 75.4 Å².